The molecule has 4 nitrogen and oxygen atoms in total. The minimum Gasteiger partial charge on any atom is -0.490 e. The van der Waals surface area contributed by atoms with Crippen LogP contribution in [0.1, 0.15) is 17.4 Å². The van der Waals surface area contributed by atoms with Crippen LogP contribution >= 0.6 is 11.3 Å². The molecular formula is C15H17NO3S. The molecule has 20 heavy (non-hydrogen) atoms. The highest BCUT2D eigenvalue weighted by molar-refractivity contribution is 7.10. The van der Waals surface area contributed by atoms with Gasteiger partial charge in [-0.05, 0) is 23.6 Å². The third-order valence-corrected chi connectivity index (χ3v) is 4.09. The van der Waals surface area contributed by atoms with Crippen LogP contribution in [0.2, 0.25) is 0 Å². The summed E-state index contributed by atoms with van der Waals surface area (Å²) in [4.78, 5) is 0.965. The summed E-state index contributed by atoms with van der Waals surface area (Å²) < 4.78 is 11.2. The molecule has 0 saturated heterocycles. The lowest BCUT2D eigenvalue weighted by Crippen LogP contribution is -2.11. The molecule has 2 N–H and O–H groups in total. The second-order valence-electron chi connectivity index (χ2n) is 4.62. The molecule has 0 saturated carbocycles. The summed E-state index contributed by atoms with van der Waals surface area (Å²) in [5.41, 5.74) is 0.921. The normalized spacial score (nSPS) is 15.4. The largest absolute Gasteiger partial charge is 0.490 e. The SMILES string of the molecule is OC(CNc1ccc2c(c1)OCCCO2)c1cccs1. The van der Waals surface area contributed by atoms with Crippen molar-refractivity contribution in [2.75, 3.05) is 25.1 Å². The fourth-order valence-corrected chi connectivity index (χ4v) is 2.78. The molecule has 1 atom stereocenters. The van der Waals surface area contributed by atoms with E-state index in [0.29, 0.717) is 19.8 Å². The van der Waals surface area contributed by atoms with Crippen LogP contribution < -0.4 is 14.8 Å². The maximum absolute atomic E-state index is 10.0. The number of anilines is 1. The molecule has 0 fully saturated rings. The summed E-state index contributed by atoms with van der Waals surface area (Å²) in [6.07, 6.45) is 0.403. The molecule has 0 aliphatic carbocycles. The smallest absolute Gasteiger partial charge is 0.163 e. The Hall–Kier alpha value is -1.72. The molecular weight excluding hydrogens is 274 g/mol. The van der Waals surface area contributed by atoms with Gasteiger partial charge in [-0.15, -0.1) is 11.3 Å². The van der Waals surface area contributed by atoms with Gasteiger partial charge in [-0.2, -0.15) is 0 Å². The predicted molar refractivity (Wildman–Crippen MR) is 79.8 cm³/mol. The Balaban J connectivity index is 1.64. The average molecular weight is 291 g/mol. The number of rotatable bonds is 4. The van der Waals surface area contributed by atoms with Gasteiger partial charge in [-0.3, -0.25) is 0 Å². The molecule has 3 rings (SSSR count). The summed E-state index contributed by atoms with van der Waals surface area (Å²) in [6.45, 7) is 1.84. The van der Waals surface area contributed by atoms with Crippen LogP contribution in [-0.4, -0.2) is 24.9 Å². The van der Waals surface area contributed by atoms with E-state index in [1.54, 1.807) is 11.3 Å². The lowest BCUT2D eigenvalue weighted by Gasteiger charge is -2.13. The highest BCUT2D eigenvalue weighted by Crippen LogP contribution is 2.32. The Bertz CT molecular complexity index is 556. The van der Waals surface area contributed by atoms with Crippen molar-refractivity contribution in [1.82, 2.24) is 0 Å². The molecule has 1 unspecified atom stereocenters. The van der Waals surface area contributed by atoms with Gasteiger partial charge >= 0.3 is 0 Å². The topological polar surface area (TPSA) is 50.7 Å². The molecule has 0 radical (unpaired) electrons. The summed E-state index contributed by atoms with van der Waals surface area (Å²) >= 11 is 1.56. The van der Waals surface area contributed by atoms with Gasteiger partial charge < -0.3 is 19.9 Å². The van der Waals surface area contributed by atoms with Gasteiger partial charge in [0.2, 0.25) is 0 Å². The first-order chi connectivity index (χ1) is 9.83. The molecule has 1 aromatic heterocycles. The first-order valence-electron chi connectivity index (χ1n) is 6.68. The van der Waals surface area contributed by atoms with Gasteiger partial charge in [0, 0.05) is 29.6 Å². The van der Waals surface area contributed by atoms with Crippen molar-refractivity contribution in [3.8, 4) is 11.5 Å². The van der Waals surface area contributed by atoms with Gasteiger partial charge in [-0.1, -0.05) is 6.07 Å². The number of benzene rings is 1. The Morgan fingerprint density at radius 2 is 2.05 bits per heavy atom. The first kappa shape index (κ1) is 13.3. The molecule has 0 bridgehead atoms. The lowest BCUT2D eigenvalue weighted by molar-refractivity contribution is 0.195. The fraction of sp³-hybridized carbons (Fsp3) is 0.333. The predicted octanol–water partition coefficient (Wildman–Crippen LogP) is 3.05. The highest BCUT2D eigenvalue weighted by Gasteiger charge is 2.12. The highest BCUT2D eigenvalue weighted by atomic mass is 32.1. The Labute approximate surface area is 122 Å². The van der Waals surface area contributed by atoms with Crippen LogP contribution in [0.15, 0.2) is 35.7 Å². The molecule has 106 valence electrons. The minimum absolute atomic E-state index is 0.472. The molecule has 1 aliphatic heterocycles. The van der Waals surface area contributed by atoms with Crippen LogP contribution in [-0.2, 0) is 0 Å². The number of hydrogen-bond donors (Lipinski definition) is 2. The van der Waals surface area contributed by atoms with Gasteiger partial charge in [0.05, 0.1) is 13.2 Å². The van der Waals surface area contributed by atoms with Crippen molar-refractivity contribution in [3.05, 3.63) is 40.6 Å². The average Bonchev–Trinajstić information content (AvgIpc) is 2.90. The number of aliphatic hydroxyl groups is 1. The fourth-order valence-electron chi connectivity index (χ4n) is 2.07. The summed E-state index contributed by atoms with van der Waals surface area (Å²) in [7, 11) is 0. The minimum atomic E-state index is -0.494. The third kappa shape index (κ3) is 3.05. The van der Waals surface area contributed by atoms with Gasteiger partial charge in [0.15, 0.2) is 11.5 Å². The van der Waals surface area contributed by atoms with Gasteiger partial charge in [0.25, 0.3) is 0 Å². The number of hydrogen-bond acceptors (Lipinski definition) is 5. The number of thiophene rings is 1. The van der Waals surface area contributed by atoms with Crippen LogP contribution in [0.5, 0.6) is 11.5 Å². The van der Waals surface area contributed by atoms with Crippen molar-refractivity contribution >= 4 is 17.0 Å². The third-order valence-electron chi connectivity index (χ3n) is 3.12. The Kier molecular flexibility index (Phi) is 4.08. The van der Waals surface area contributed by atoms with Crippen LogP contribution in [0, 0.1) is 0 Å². The zero-order valence-corrected chi connectivity index (χ0v) is 11.9. The number of nitrogens with one attached hydrogen (secondary N) is 1. The van der Waals surface area contributed by atoms with Crippen molar-refractivity contribution in [2.24, 2.45) is 0 Å². The molecule has 0 spiro atoms. The van der Waals surface area contributed by atoms with Crippen molar-refractivity contribution in [1.29, 1.82) is 0 Å². The van der Waals surface area contributed by atoms with E-state index in [2.05, 4.69) is 5.32 Å². The maximum atomic E-state index is 10.0. The van der Waals surface area contributed by atoms with E-state index >= 15 is 0 Å². The number of aliphatic hydroxyl groups excluding tert-OH is 1. The quantitative estimate of drug-likeness (QED) is 0.909. The van der Waals surface area contributed by atoms with E-state index in [1.165, 1.54) is 0 Å². The van der Waals surface area contributed by atoms with Crippen LogP contribution in [0.3, 0.4) is 0 Å². The molecule has 2 aromatic rings. The van der Waals surface area contributed by atoms with E-state index < -0.39 is 6.10 Å². The Morgan fingerprint density at radius 1 is 1.20 bits per heavy atom. The summed E-state index contributed by atoms with van der Waals surface area (Å²) in [5.74, 6) is 1.55. The zero-order chi connectivity index (χ0) is 13.8. The van der Waals surface area contributed by atoms with Crippen LogP contribution in [0.25, 0.3) is 0 Å². The lowest BCUT2D eigenvalue weighted by atomic mass is 10.2. The van der Waals surface area contributed by atoms with Crippen molar-refractivity contribution in [3.63, 3.8) is 0 Å². The van der Waals surface area contributed by atoms with Gasteiger partial charge in [-0.25, -0.2) is 0 Å². The molecule has 0 amide bonds. The second-order valence-corrected chi connectivity index (χ2v) is 5.60. The standard InChI is InChI=1S/C15H17NO3S/c17-12(15-3-1-8-20-15)10-16-11-4-5-13-14(9-11)19-7-2-6-18-13/h1,3-5,8-9,12,16-17H,2,6-7,10H2. The second kappa shape index (κ2) is 6.15. The number of ether oxygens (including phenoxy) is 2. The van der Waals surface area contributed by atoms with E-state index in [9.17, 15) is 5.11 Å². The molecule has 2 heterocycles. The number of fused-ring (bicyclic) bond motifs is 1. The summed E-state index contributed by atoms with van der Waals surface area (Å²) in [5, 5.41) is 15.2. The molecule has 1 aromatic carbocycles. The van der Waals surface area contributed by atoms with Crippen molar-refractivity contribution in [2.45, 2.75) is 12.5 Å². The van der Waals surface area contributed by atoms with Gasteiger partial charge in [0.1, 0.15) is 6.10 Å². The van der Waals surface area contributed by atoms with E-state index in [4.69, 9.17) is 9.47 Å². The Morgan fingerprint density at radius 3 is 2.85 bits per heavy atom. The monoisotopic (exact) mass is 291 g/mol. The van der Waals surface area contributed by atoms with Crippen molar-refractivity contribution < 1.29 is 14.6 Å². The molecule has 5 heteroatoms. The van der Waals surface area contributed by atoms with E-state index in [-0.39, 0.29) is 0 Å². The van der Waals surface area contributed by atoms with E-state index in [0.717, 1.165) is 28.5 Å². The first-order valence-corrected chi connectivity index (χ1v) is 7.56. The maximum Gasteiger partial charge on any atom is 0.163 e. The van der Waals surface area contributed by atoms with Crippen LogP contribution in [0.4, 0.5) is 5.69 Å². The zero-order valence-electron chi connectivity index (χ0n) is 11.0. The van der Waals surface area contributed by atoms with E-state index in [1.807, 2.05) is 35.7 Å². The molecule has 1 aliphatic rings. The summed E-state index contributed by atoms with van der Waals surface area (Å²) in [6, 6.07) is 9.64.